The number of aromatic nitrogens is 1. The Hall–Kier alpha value is -2.20. The Morgan fingerprint density at radius 2 is 1.83 bits per heavy atom. The Labute approximate surface area is 172 Å². The predicted octanol–water partition coefficient (Wildman–Crippen LogP) is 2.37. The van der Waals surface area contributed by atoms with Crippen molar-refractivity contribution in [1.82, 2.24) is 15.2 Å². The third kappa shape index (κ3) is 4.75. The first-order chi connectivity index (χ1) is 14.0. The van der Waals surface area contributed by atoms with Crippen LogP contribution in [-0.2, 0) is 11.2 Å². The number of carbonyl (C=O) groups is 2. The molecule has 3 unspecified atom stereocenters. The van der Waals surface area contributed by atoms with Gasteiger partial charge in [0.05, 0.1) is 5.92 Å². The van der Waals surface area contributed by atoms with Crippen molar-refractivity contribution in [1.29, 1.82) is 0 Å². The zero-order chi connectivity index (χ0) is 22.1. The van der Waals surface area contributed by atoms with Crippen molar-refractivity contribution in [3.63, 3.8) is 0 Å². The molecule has 166 valence electrons. The van der Waals surface area contributed by atoms with Gasteiger partial charge in [-0.3, -0.25) is 14.7 Å². The smallest absolute Gasteiger partial charge is 0.364 e. The highest BCUT2D eigenvalue weighted by Crippen LogP contribution is 2.38. The van der Waals surface area contributed by atoms with Gasteiger partial charge in [-0.2, -0.15) is 13.2 Å². The molecule has 7 nitrogen and oxygen atoms in total. The molecule has 10 heteroatoms. The zero-order valence-electron chi connectivity index (χ0n) is 16.6. The number of likely N-dealkylation sites (tertiary alicyclic amines) is 1. The van der Waals surface area contributed by atoms with Crippen molar-refractivity contribution in [3.05, 3.63) is 30.1 Å². The highest BCUT2D eigenvalue weighted by Gasteiger charge is 2.59. The first-order valence-corrected chi connectivity index (χ1v) is 10.0. The summed E-state index contributed by atoms with van der Waals surface area (Å²) < 4.78 is 40.9. The number of amides is 3. The van der Waals surface area contributed by atoms with Gasteiger partial charge in [-0.05, 0) is 49.8 Å². The molecule has 0 aromatic carbocycles. The molecule has 1 aliphatic carbocycles. The highest BCUT2D eigenvalue weighted by molar-refractivity contribution is 6.01. The molecule has 1 saturated carbocycles. The quantitative estimate of drug-likeness (QED) is 0.493. The third-order valence-corrected chi connectivity index (χ3v) is 5.95. The number of rotatable bonds is 5. The molecule has 3 N–H and O–H groups in total. The van der Waals surface area contributed by atoms with Gasteiger partial charge >= 0.3 is 12.2 Å². The topological polar surface area (TPSA) is 103 Å². The van der Waals surface area contributed by atoms with Crippen LogP contribution in [0.4, 0.5) is 18.0 Å². The van der Waals surface area contributed by atoms with Crippen LogP contribution in [-0.4, -0.2) is 56.1 Å². The molecule has 3 atom stereocenters. The third-order valence-electron chi connectivity index (χ3n) is 5.95. The van der Waals surface area contributed by atoms with E-state index in [0.29, 0.717) is 36.1 Å². The van der Waals surface area contributed by atoms with Crippen LogP contribution >= 0.6 is 0 Å². The van der Waals surface area contributed by atoms with E-state index in [0.717, 1.165) is 13.3 Å². The monoisotopic (exact) mass is 429 g/mol. The molecule has 1 saturated heterocycles. The van der Waals surface area contributed by atoms with E-state index in [1.54, 1.807) is 12.1 Å². The van der Waals surface area contributed by atoms with Crippen LogP contribution in [0.1, 0.15) is 44.6 Å². The maximum atomic E-state index is 13.6. The highest BCUT2D eigenvalue weighted by atomic mass is 19.4. The largest absolute Gasteiger partial charge is 0.408 e. The average molecular weight is 429 g/mol. The number of nitrogens with zero attached hydrogens (tertiary/aromatic N) is 2. The van der Waals surface area contributed by atoms with Crippen LogP contribution in [0.5, 0.6) is 0 Å². The first-order valence-electron chi connectivity index (χ1n) is 10.0. The molecule has 1 aromatic heterocycles. The molecular weight excluding hydrogens is 403 g/mol. The van der Waals surface area contributed by atoms with Gasteiger partial charge in [0.1, 0.15) is 12.1 Å². The number of urea groups is 1. The molecule has 0 bridgehead atoms. The van der Waals surface area contributed by atoms with E-state index in [1.807, 2.05) is 5.32 Å². The van der Waals surface area contributed by atoms with Gasteiger partial charge in [0.2, 0.25) is 5.91 Å². The summed E-state index contributed by atoms with van der Waals surface area (Å²) in [7, 11) is 0. The van der Waals surface area contributed by atoms with Crippen molar-refractivity contribution in [3.8, 4) is 0 Å². The van der Waals surface area contributed by atoms with E-state index >= 15 is 0 Å². The Bertz CT molecular complexity index is 761. The van der Waals surface area contributed by atoms with Gasteiger partial charge in [0.15, 0.2) is 5.79 Å². The molecule has 30 heavy (non-hydrogen) atoms. The van der Waals surface area contributed by atoms with Crippen molar-refractivity contribution >= 4 is 11.9 Å². The summed E-state index contributed by atoms with van der Waals surface area (Å²) in [6, 6.07) is -1.41. The summed E-state index contributed by atoms with van der Waals surface area (Å²) in [5.41, 5.74) is 0.688. The van der Waals surface area contributed by atoms with Gasteiger partial charge in [-0.1, -0.05) is 19.3 Å². The molecule has 2 aliphatic rings. The maximum absolute atomic E-state index is 13.6. The number of imide groups is 1. The van der Waals surface area contributed by atoms with Crippen molar-refractivity contribution in [2.24, 2.45) is 11.8 Å². The van der Waals surface area contributed by atoms with Gasteiger partial charge < -0.3 is 15.5 Å². The van der Waals surface area contributed by atoms with Crippen LogP contribution in [0.15, 0.2) is 24.5 Å². The molecule has 1 aliphatic heterocycles. The van der Waals surface area contributed by atoms with E-state index in [1.165, 1.54) is 12.4 Å². The van der Waals surface area contributed by atoms with Crippen LogP contribution in [0, 0.1) is 11.8 Å². The van der Waals surface area contributed by atoms with Crippen molar-refractivity contribution in [2.45, 2.75) is 69.5 Å². The van der Waals surface area contributed by atoms with E-state index < -0.39 is 47.8 Å². The lowest BCUT2D eigenvalue weighted by atomic mass is 9.78. The number of pyridine rings is 1. The average Bonchev–Trinajstić information content (AvgIpc) is 2.67. The molecule has 0 spiro atoms. The van der Waals surface area contributed by atoms with E-state index in [9.17, 15) is 33.0 Å². The first kappa shape index (κ1) is 22.5. The summed E-state index contributed by atoms with van der Waals surface area (Å²) in [6.07, 6.45) is 1.28. The number of hydrogen-bond donors (Lipinski definition) is 3. The summed E-state index contributed by atoms with van der Waals surface area (Å²) >= 11 is 0. The molecule has 2 fully saturated rings. The van der Waals surface area contributed by atoms with Gasteiger partial charge in [-0.15, -0.1) is 0 Å². The Kier molecular flexibility index (Phi) is 6.37. The van der Waals surface area contributed by atoms with Crippen molar-refractivity contribution < 1.29 is 33.0 Å². The number of β-lactam (4-membered cyclic amide) rings is 1. The Morgan fingerprint density at radius 1 is 1.23 bits per heavy atom. The fourth-order valence-electron chi connectivity index (χ4n) is 4.51. The predicted molar refractivity (Wildman–Crippen MR) is 99.9 cm³/mol. The molecule has 3 rings (SSSR count). The van der Waals surface area contributed by atoms with E-state index in [2.05, 4.69) is 4.98 Å². The minimum atomic E-state index is -4.67. The van der Waals surface area contributed by atoms with Crippen LogP contribution in [0.2, 0.25) is 0 Å². The minimum Gasteiger partial charge on any atom is -0.364 e. The van der Waals surface area contributed by atoms with Crippen molar-refractivity contribution in [2.75, 3.05) is 0 Å². The van der Waals surface area contributed by atoms with E-state index in [4.69, 9.17) is 0 Å². The van der Waals surface area contributed by atoms with Gasteiger partial charge in [-0.25, -0.2) is 4.79 Å². The second-order valence-corrected chi connectivity index (χ2v) is 8.28. The number of halogens is 3. The minimum absolute atomic E-state index is 0.109. The fraction of sp³-hybridized carbons (Fsp3) is 0.650. The molecule has 2 heterocycles. The lowest BCUT2D eigenvalue weighted by molar-refractivity contribution is -0.225. The summed E-state index contributed by atoms with van der Waals surface area (Å²) in [4.78, 5) is 29.6. The fourth-order valence-corrected chi connectivity index (χ4v) is 4.51. The SMILES string of the molecule is CC(O)(O)C1C(Cc2ccncc2)C(=O)N1C(=O)NC(C1CCCCC1)C(F)(F)F. The van der Waals surface area contributed by atoms with Crippen LogP contribution in [0.3, 0.4) is 0 Å². The summed E-state index contributed by atoms with van der Waals surface area (Å²) in [5, 5.41) is 22.2. The molecular formula is C20H26F3N3O4. The Balaban J connectivity index is 1.77. The molecule has 1 aromatic rings. The lowest BCUT2D eigenvalue weighted by Gasteiger charge is -2.50. The standard InChI is InChI=1S/C20H26F3N3O4/c1-19(29,30)16-14(11-12-7-9-24-10-8-12)17(27)26(16)18(28)25-15(20(21,22)23)13-5-3-2-4-6-13/h7-10,13-16,29-30H,2-6,11H2,1H3,(H,25,28). The number of alkyl halides is 3. The van der Waals surface area contributed by atoms with Gasteiger partial charge in [0, 0.05) is 12.4 Å². The lowest BCUT2D eigenvalue weighted by Crippen LogP contribution is -2.73. The van der Waals surface area contributed by atoms with Crippen LogP contribution < -0.4 is 5.32 Å². The zero-order valence-corrected chi connectivity index (χ0v) is 16.6. The van der Waals surface area contributed by atoms with E-state index in [-0.39, 0.29) is 6.42 Å². The number of aliphatic hydroxyl groups is 2. The van der Waals surface area contributed by atoms with Crippen LogP contribution in [0.25, 0.3) is 0 Å². The second kappa shape index (κ2) is 8.50. The normalized spacial score (nSPS) is 24.3. The number of carbonyl (C=O) groups excluding carboxylic acids is 2. The van der Waals surface area contributed by atoms with Gasteiger partial charge in [0.25, 0.3) is 0 Å². The molecule has 0 radical (unpaired) electrons. The maximum Gasteiger partial charge on any atom is 0.408 e. The molecule has 3 amide bonds. The number of nitrogens with one attached hydrogen (secondary N) is 1. The second-order valence-electron chi connectivity index (χ2n) is 8.28. The number of hydrogen-bond acceptors (Lipinski definition) is 5. The summed E-state index contributed by atoms with van der Waals surface area (Å²) in [6.45, 7) is 1.01. The summed E-state index contributed by atoms with van der Waals surface area (Å²) in [5.74, 6) is -4.91. The Morgan fingerprint density at radius 3 is 2.37 bits per heavy atom.